The molecule has 2 rings (SSSR count). The molecule has 1 aromatic carbocycles. The highest BCUT2D eigenvalue weighted by Crippen LogP contribution is 2.17. The van der Waals surface area contributed by atoms with E-state index in [9.17, 15) is 0 Å². The van der Waals surface area contributed by atoms with E-state index in [1.165, 1.54) is 11.1 Å². The molecule has 16 heavy (non-hydrogen) atoms. The lowest BCUT2D eigenvalue weighted by molar-refractivity contribution is 0.539. The van der Waals surface area contributed by atoms with Gasteiger partial charge in [0.05, 0.1) is 17.4 Å². The van der Waals surface area contributed by atoms with Crippen molar-refractivity contribution in [3.05, 3.63) is 30.1 Å². The van der Waals surface area contributed by atoms with Crippen LogP contribution in [0.5, 0.6) is 0 Å². The smallest absolute Gasteiger partial charge is 0.0955 e. The number of hydrogen-bond donors (Lipinski definition) is 1. The highest BCUT2D eigenvalue weighted by Gasteiger charge is 2.05. The van der Waals surface area contributed by atoms with Crippen molar-refractivity contribution in [3.63, 3.8) is 0 Å². The molecule has 0 radical (unpaired) electrons. The zero-order valence-corrected chi connectivity index (χ0v) is 9.98. The van der Waals surface area contributed by atoms with Crippen LogP contribution in [0.25, 0.3) is 11.0 Å². The average molecular weight is 217 g/mol. The van der Waals surface area contributed by atoms with Crippen LogP contribution in [-0.4, -0.2) is 16.1 Å². The Balaban J connectivity index is 2.19. The number of imidazole rings is 1. The van der Waals surface area contributed by atoms with Crippen molar-refractivity contribution >= 4 is 11.0 Å². The molecule has 3 heteroatoms. The second-order valence-electron chi connectivity index (χ2n) is 4.57. The summed E-state index contributed by atoms with van der Waals surface area (Å²) in [4.78, 5) is 4.37. The molecule has 86 valence electrons. The molecule has 1 unspecified atom stereocenters. The number of fused-ring (bicyclic) bond motifs is 1. The van der Waals surface area contributed by atoms with E-state index in [1.807, 2.05) is 17.9 Å². The first-order valence-corrected chi connectivity index (χ1v) is 5.80. The minimum atomic E-state index is 0.645. The van der Waals surface area contributed by atoms with E-state index >= 15 is 0 Å². The molecule has 0 amide bonds. The summed E-state index contributed by atoms with van der Waals surface area (Å²) in [6.45, 7) is 3.02. The van der Waals surface area contributed by atoms with Crippen molar-refractivity contribution < 1.29 is 0 Å². The fraction of sp³-hybridized carbons (Fsp3) is 0.462. The highest BCUT2D eigenvalue weighted by molar-refractivity contribution is 5.75. The van der Waals surface area contributed by atoms with Gasteiger partial charge in [0.15, 0.2) is 0 Å². The number of rotatable bonds is 4. The van der Waals surface area contributed by atoms with E-state index in [0.29, 0.717) is 5.92 Å². The second kappa shape index (κ2) is 4.66. The molecule has 2 N–H and O–H groups in total. The summed E-state index contributed by atoms with van der Waals surface area (Å²) in [6.07, 6.45) is 4.03. The first-order valence-electron chi connectivity index (χ1n) is 5.80. The Labute approximate surface area is 96.3 Å². The van der Waals surface area contributed by atoms with Crippen LogP contribution in [-0.2, 0) is 13.5 Å². The molecule has 1 heterocycles. The topological polar surface area (TPSA) is 43.8 Å². The predicted octanol–water partition coefficient (Wildman–Crippen LogP) is 2.10. The van der Waals surface area contributed by atoms with Crippen molar-refractivity contribution in [2.45, 2.75) is 19.8 Å². The maximum atomic E-state index is 5.56. The van der Waals surface area contributed by atoms with Gasteiger partial charge in [-0.15, -0.1) is 0 Å². The van der Waals surface area contributed by atoms with Gasteiger partial charge in [-0.1, -0.05) is 13.0 Å². The summed E-state index contributed by atoms with van der Waals surface area (Å²) in [7, 11) is 2.02. The van der Waals surface area contributed by atoms with Crippen molar-refractivity contribution in [3.8, 4) is 0 Å². The van der Waals surface area contributed by atoms with Gasteiger partial charge in [-0.3, -0.25) is 0 Å². The number of benzene rings is 1. The summed E-state index contributed by atoms with van der Waals surface area (Å²) in [5, 5.41) is 0. The van der Waals surface area contributed by atoms with E-state index in [4.69, 9.17) is 5.73 Å². The van der Waals surface area contributed by atoms with Crippen molar-refractivity contribution in [1.29, 1.82) is 0 Å². The van der Waals surface area contributed by atoms with E-state index in [0.717, 1.165) is 24.9 Å². The molecule has 1 aromatic heterocycles. The lowest BCUT2D eigenvalue weighted by Gasteiger charge is -2.09. The van der Waals surface area contributed by atoms with Crippen LogP contribution < -0.4 is 5.73 Å². The molecule has 0 spiro atoms. The van der Waals surface area contributed by atoms with Crippen LogP contribution in [0, 0.1) is 5.92 Å². The van der Waals surface area contributed by atoms with Crippen LogP contribution in [0.3, 0.4) is 0 Å². The van der Waals surface area contributed by atoms with E-state index in [2.05, 4.69) is 30.1 Å². The number of hydrogen-bond acceptors (Lipinski definition) is 2. The Morgan fingerprint density at radius 3 is 3.00 bits per heavy atom. The molecule has 0 fully saturated rings. The van der Waals surface area contributed by atoms with E-state index < -0.39 is 0 Å². The first kappa shape index (κ1) is 11.1. The Morgan fingerprint density at radius 1 is 1.44 bits per heavy atom. The van der Waals surface area contributed by atoms with E-state index in [1.54, 1.807) is 0 Å². The summed E-state index contributed by atoms with van der Waals surface area (Å²) in [6, 6.07) is 6.52. The van der Waals surface area contributed by atoms with Crippen molar-refractivity contribution in [2.24, 2.45) is 18.7 Å². The van der Waals surface area contributed by atoms with Crippen molar-refractivity contribution in [2.75, 3.05) is 6.54 Å². The van der Waals surface area contributed by atoms with E-state index in [-0.39, 0.29) is 0 Å². The number of aromatic nitrogens is 2. The Bertz CT molecular complexity index is 473. The third-order valence-corrected chi connectivity index (χ3v) is 3.03. The maximum Gasteiger partial charge on any atom is 0.0955 e. The fourth-order valence-electron chi connectivity index (χ4n) is 2.10. The monoisotopic (exact) mass is 217 g/mol. The summed E-state index contributed by atoms with van der Waals surface area (Å²) in [5.74, 6) is 0.645. The Morgan fingerprint density at radius 2 is 2.25 bits per heavy atom. The standard InChI is InChI=1S/C13H19N3/c1-10(5-6-14)7-11-3-4-13-12(8-11)15-9-16(13)2/h3-4,8-10H,5-7,14H2,1-2H3. The average Bonchev–Trinajstić information content (AvgIpc) is 2.60. The third kappa shape index (κ3) is 2.25. The number of nitrogens with zero attached hydrogens (tertiary/aromatic N) is 2. The van der Waals surface area contributed by atoms with Gasteiger partial charge in [0.1, 0.15) is 0 Å². The molecular formula is C13H19N3. The normalized spacial score (nSPS) is 13.2. The molecule has 0 aliphatic heterocycles. The molecule has 0 saturated heterocycles. The Hall–Kier alpha value is -1.35. The lowest BCUT2D eigenvalue weighted by atomic mass is 9.98. The second-order valence-corrected chi connectivity index (χ2v) is 4.57. The first-order chi connectivity index (χ1) is 7.70. The molecule has 0 bridgehead atoms. The fourth-order valence-corrected chi connectivity index (χ4v) is 2.10. The summed E-state index contributed by atoms with van der Waals surface area (Å²) < 4.78 is 2.04. The van der Waals surface area contributed by atoms with Gasteiger partial charge in [0.2, 0.25) is 0 Å². The van der Waals surface area contributed by atoms with Crippen LogP contribution >= 0.6 is 0 Å². The van der Waals surface area contributed by atoms with Gasteiger partial charge >= 0.3 is 0 Å². The van der Waals surface area contributed by atoms with Crippen LogP contribution in [0.2, 0.25) is 0 Å². The minimum absolute atomic E-state index is 0.645. The minimum Gasteiger partial charge on any atom is -0.334 e. The van der Waals surface area contributed by atoms with Crippen molar-refractivity contribution in [1.82, 2.24) is 9.55 Å². The summed E-state index contributed by atoms with van der Waals surface area (Å²) in [5.41, 5.74) is 9.19. The van der Waals surface area contributed by atoms with Gasteiger partial charge in [0.25, 0.3) is 0 Å². The van der Waals surface area contributed by atoms with Gasteiger partial charge in [0, 0.05) is 7.05 Å². The van der Waals surface area contributed by atoms with Gasteiger partial charge in [-0.2, -0.15) is 0 Å². The van der Waals surface area contributed by atoms with Crippen LogP contribution in [0.1, 0.15) is 18.9 Å². The third-order valence-electron chi connectivity index (χ3n) is 3.03. The predicted molar refractivity (Wildman–Crippen MR) is 67.3 cm³/mol. The zero-order valence-electron chi connectivity index (χ0n) is 9.98. The van der Waals surface area contributed by atoms with Gasteiger partial charge in [-0.25, -0.2) is 4.98 Å². The molecule has 3 nitrogen and oxygen atoms in total. The molecular weight excluding hydrogens is 198 g/mol. The molecule has 0 aliphatic rings. The van der Waals surface area contributed by atoms with Gasteiger partial charge < -0.3 is 10.3 Å². The highest BCUT2D eigenvalue weighted by atomic mass is 15.0. The van der Waals surface area contributed by atoms with Gasteiger partial charge in [-0.05, 0) is 43.0 Å². The lowest BCUT2D eigenvalue weighted by Crippen LogP contribution is -2.07. The number of aryl methyl sites for hydroxylation is 1. The molecule has 2 aromatic rings. The largest absolute Gasteiger partial charge is 0.334 e. The molecule has 0 aliphatic carbocycles. The van der Waals surface area contributed by atoms with Crippen LogP contribution in [0.15, 0.2) is 24.5 Å². The molecule has 1 atom stereocenters. The van der Waals surface area contributed by atoms with Crippen LogP contribution in [0.4, 0.5) is 0 Å². The number of nitrogens with two attached hydrogens (primary N) is 1. The SMILES string of the molecule is CC(CCN)Cc1ccc2c(c1)ncn2C. The molecule has 0 saturated carbocycles. The Kier molecular flexibility index (Phi) is 3.25. The maximum absolute atomic E-state index is 5.56. The quantitative estimate of drug-likeness (QED) is 0.852. The zero-order chi connectivity index (χ0) is 11.5. The summed E-state index contributed by atoms with van der Waals surface area (Å²) >= 11 is 0.